The molecule has 0 saturated carbocycles. The van der Waals surface area contributed by atoms with E-state index >= 15 is 0 Å². The largest absolute Gasteiger partial charge is 0.493 e. The molecule has 198 valence electrons. The van der Waals surface area contributed by atoms with Gasteiger partial charge in [-0.1, -0.05) is 23.7 Å². The lowest BCUT2D eigenvalue weighted by Gasteiger charge is -2.38. The molecule has 3 amide bonds. The average Bonchev–Trinajstić information content (AvgIpc) is 3.24. The number of halogens is 2. The molecule has 38 heavy (non-hydrogen) atoms. The molecular weight excluding hydrogens is 511 g/mol. The van der Waals surface area contributed by atoms with Crippen molar-refractivity contribution in [2.45, 2.75) is 50.1 Å². The van der Waals surface area contributed by atoms with Crippen molar-refractivity contribution in [3.8, 4) is 11.8 Å². The second kappa shape index (κ2) is 10.7. The van der Waals surface area contributed by atoms with Crippen molar-refractivity contribution in [3.63, 3.8) is 0 Å². The number of amides is 3. The van der Waals surface area contributed by atoms with Crippen LogP contribution in [0.5, 0.6) is 5.75 Å². The number of hydrogen-bond donors (Lipinski definition) is 1. The third-order valence-corrected chi connectivity index (χ3v) is 8.10. The predicted octanol–water partition coefficient (Wildman–Crippen LogP) is 3.57. The molecule has 3 heterocycles. The van der Waals surface area contributed by atoms with Crippen LogP contribution in [0.2, 0.25) is 5.02 Å². The van der Waals surface area contributed by atoms with Gasteiger partial charge in [-0.25, -0.2) is 4.39 Å². The van der Waals surface area contributed by atoms with E-state index in [-0.39, 0.29) is 24.8 Å². The highest BCUT2D eigenvalue weighted by Crippen LogP contribution is 2.40. The number of carbonyl (C=O) groups excluding carboxylic acids is 3. The Hall–Kier alpha value is -3.48. The molecule has 0 radical (unpaired) electrons. The number of nitriles is 1. The van der Waals surface area contributed by atoms with E-state index in [1.54, 1.807) is 24.3 Å². The normalized spacial score (nSPS) is 21.1. The van der Waals surface area contributed by atoms with Gasteiger partial charge in [0.1, 0.15) is 17.6 Å². The van der Waals surface area contributed by atoms with Crippen molar-refractivity contribution in [3.05, 3.63) is 63.9 Å². The fourth-order valence-corrected chi connectivity index (χ4v) is 6.04. The summed E-state index contributed by atoms with van der Waals surface area (Å²) in [5, 5.41) is 12.5. The maximum absolute atomic E-state index is 14.5. The summed E-state index contributed by atoms with van der Waals surface area (Å²) in [7, 11) is 0. The van der Waals surface area contributed by atoms with Crippen molar-refractivity contribution in [1.82, 2.24) is 15.1 Å². The van der Waals surface area contributed by atoms with Gasteiger partial charge in [-0.2, -0.15) is 5.26 Å². The molecule has 5 rings (SSSR count). The van der Waals surface area contributed by atoms with E-state index in [0.29, 0.717) is 60.9 Å². The van der Waals surface area contributed by atoms with Gasteiger partial charge in [0.2, 0.25) is 11.8 Å². The smallest absolute Gasteiger partial charge is 0.255 e. The Balaban J connectivity index is 1.15. The number of benzene rings is 2. The minimum atomic E-state index is -0.930. The molecule has 2 aromatic rings. The number of nitrogens with one attached hydrogen (secondary N) is 1. The molecule has 10 heteroatoms. The maximum atomic E-state index is 14.5. The van der Waals surface area contributed by atoms with Crippen molar-refractivity contribution in [2.24, 2.45) is 0 Å². The quantitative estimate of drug-likeness (QED) is 0.427. The summed E-state index contributed by atoms with van der Waals surface area (Å²) in [4.78, 5) is 40.5. The van der Waals surface area contributed by atoms with E-state index < -0.39 is 23.2 Å². The molecule has 1 N–H and O–H groups in total. The van der Waals surface area contributed by atoms with E-state index in [2.05, 4.69) is 16.3 Å². The van der Waals surface area contributed by atoms with Gasteiger partial charge in [0.05, 0.1) is 24.6 Å². The van der Waals surface area contributed by atoms with E-state index in [9.17, 15) is 24.0 Å². The van der Waals surface area contributed by atoms with Gasteiger partial charge in [0, 0.05) is 34.7 Å². The van der Waals surface area contributed by atoms with Gasteiger partial charge >= 0.3 is 0 Å². The summed E-state index contributed by atoms with van der Waals surface area (Å²) in [5.74, 6) is -0.816. The van der Waals surface area contributed by atoms with E-state index in [4.69, 9.17) is 16.3 Å². The van der Waals surface area contributed by atoms with Gasteiger partial charge in [-0.05, 0) is 63.0 Å². The second-order valence-electron chi connectivity index (χ2n) is 10.0. The van der Waals surface area contributed by atoms with Crippen LogP contribution in [0.4, 0.5) is 4.39 Å². The third-order valence-electron chi connectivity index (χ3n) is 7.78. The number of likely N-dealkylation sites (tertiary alicyclic amines) is 1. The Morgan fingerprint density at radius 2 is 1.92 bits per heavy atom. The van der Waals surface area contributed by atoms with Crippen molar-refractivity contribution >= 4 is 29.3 Å². The van der Waals surface area contributed by atoms with E-state index in [0.717, 1.165) is 18.5 Å². The SMILES string of the molecule is N#CC1(c2c(F)cccc2Cl)CCN(CCCOc2cccc3c2CN(C2CCC(=O)NC2=O)C3=O)CC1. The Bertz CT molecular complexity index is 1300. The first-order valence-electron chi connectivity index (χ1n) is 12.8. The number of hydrogen-bond acceptors (Lipinski definition) is 6. The van der Waals surface area contributed by atoms with Crippen LogP contribution < -0.4 is 10.1 Å². The number of imide groups is 1. The second-order valence-corrected chi connectivity index (χ2v) is 10.4. The minimum Gasteiger partial charge on any atom is -0.493 e. The lowest BCUT2D eigenvalue weighted by atomic mass is 9.73. The van der Waals surface area contributed by atoms with Crippen molar-refractivity contribution in [1.29, 1.82) is 5.26 Å². The molecule has 3 aliphatic heterocycles. The molecule has 8 nitrogen and oxygen atoms in total. The number of rotatable bonds is 7. The molecule has 2 aromatic carbocycles. The Morgan fingerprint density at radius 1 is 1.16 bits per heavy atom. The van der Waals surface area contributed by atoms with Gasteiger partial charge in [-0.15, -0.1) is 0 Å². The molecule has 1 unspecified atom stereocenters. The van der Waals surface area contributed by atoms with Crippen LogP contribution in [0.15, 0.2) is 36.4 Å². The molecular formula is C28H28ClFN4O4. The Kier molecular flexibility index (Phi) is 7.37. The van der Waals surface area contributed by atoms with Gasteiger partial charge in [-0.3, -0.25) is 19.7 Å². The van der Waals surface area contributed by atoms with Crippen LogP contribution in [0.1, 0.15) is 53.6 Å². The molecule has 2 fully saturated rings. The monoisotopic (exact) mass is 538 g/mol. The fraction of sp³-hybridized carbons (Fsp3) is 0.429. The number of piperidine rings is 2. The van der Waals surface area contributed by atoms with Gasteiger partial charge in [0.15, 0.2) is 0 Å². The molecule has 0 spiro atoms. The van der Waals surface area contributed by atoms with E-state index in [1.165, 1.54) is 11.0 Å². The zero-order valence-corrected chi connectivity index (χ0v) is 21.6. The summed E-state index contributed by atoms with van der Waals surface area (Å²) in [6, 6.07) is 11.5. The van der Waals surface area contributed by atoms with Gasteiger partial charge < -0.3 is 14.5 Å². The number of ether oxygens (including phenoxy) is 1. The number of carbonyl (C=O) groups is 3. The molecule has 1 atom stereocenters. The summed E-state index contributed by atoms with van der Waals surface area (Å²) < 4.78 is 20.6. The van der Waals surface area contributed by atoms with Crippen LogP contribution in [0, 0.1) is 17.1 Å². The molecule has 0 aliphatic carbocycles. The van der Waals surface area contributed by atoms with Crippen LogP contribution in [0.3, 0.4) is 0 Å². The lowest BCUT2D eigenvalue weighted by Crippen LogP contribution is -2.52. The fourth-order valence-electron chi connectivity index (χ4n) is 5.69. The Morgan fingerprint density at radius 3 is 2.63 bits per heavy atom. The summed E-state index contributed by atoms with van der Waals surface area (Å²) in [5.41, 5.74) is 0.635. The summed E-state index contributed by atoms with van der Waals surface area (Å²) in [6.07, 6.45) is 2.24. The summed E-state index contributed by atoms with van der Waals surface area (Å²) >= 11 is 6.26. The zero-order valence-electron chi connectivity index (χ0n) is 20.8. The first-order chi connectivity index (χ1) is 18.3. The summed E-state index contributed by atoms with van der Waals surface area (Å²) in [6.45, 7) is 2.74. The minimum absolute atomic E-state index is 0.208. The molecule has 0 aromatic heterocycles. The highest BCUT2D eigenvalue weighted by Gasteiger charge is 2.41. The van der Waals surface area contributed by atoms with Crippen molar-refractivity contribution in [2.75, 3.05) is 26.2 Å². The zero-order chi connectivity index (χ0) is 26.9. The maximum Gasteiger partial charge on any atom is 0.255 e. The molecule has 2 saturated heterocycles. The van der Waals surface area contributed by atoms with E-state index in [1.807, 2.05) is 6.07 Å². The van der Waals surface area contributed by atoms with Crippen LogP contribution in [-0.4, -0.2) is 59.8 Å². The topological polar surface area (TPSA) is 103 Å². The third kappa shape index (κ3) is 4.86. The average molecular weight is 539 g/mol. The first-order valence-corrected chi connectivity index (χ1v) is 13.2. The highest BCUT2D eigenvalue weighted by molar-refractivity contribution is 6.31. The lowest BCUT2D eigenvalue weighted by molar-refractivity contribution is -0.136. The van der Waals surface area contributed by atoms with Crippen molar-refractivity contribution < 1.29 is 23.5 Å². The first kappa shape index (κ1) is 26.1. The number of nitrogens with zero attached hydrogens (tertiary/aromatic N) is 3. The van der Waals surface area contributed by atoms with Gasteiger partial charge in [0.25, 0.3) is 5.91 Å². The van der Waals surface area contributed by atoms with Crippen LogP contribution in [-0.2, 0) is 21.5 Å². The number of fused-ring (bicyclic) bond motifs is 1. The predicted molar refractivity (Wildman–Crippen MR) is 137 cm³/mol. The molecule has 3 aliphatic rings. The Labute approximate surface area is 225 Å². The van der Waals surface area contributed by atoms with Crippen LogP contribution in [0.25, 0.3) is 0 Å². The standard InChI is InChI=1S/C28H28ClFN4O4/c29-20-5-2-6-21(30)25(20)28(17-31)10-13-33(14-11-28)12-3-15-38-23-7-1-4-18-19(23)16-34(27(18)37)22-8-9-24(35)32-26(22)36/h1-2,4-7,22H,3,8-16H2,(H,32,35,36). The van der Waals surface area contributed by atoms with Crippen LogP contribution >= 0.6 is 11.6 Å². The highest BCUT2D eigenvalue weighted by atomic mass is 35.5. The molecule has 0 bridgehead atoms.